The number of halogens is 1. The van der Waals surface area contributed by atoms with Gasteiger partial charge in [0.25, 0.3) is 0 Å². The lowest BCUT2D eigenvalue weighted by atomic mass is 9.95. The quantitative estimate of drug-likeness (QED) is 0.876. The summed E-state index contributed by atoms with van der Waals surface area (Å²) in [5.41, 5.74) is 1.94. The number of nitrogens with one attached hydrogen (secondary N) is 1. The Morgan fingerprint density at radius 3 is 2.35 bits per heavy atom. The Morgan fingerprint density at radius 1 is 1.00 bits per heavy atom. The molecular weight excluding hydrogens is 348 g/mol. The standard InChI is InChI=1S/C21H23ClN2O2/c22-19-9-5-4-8-18(19)15-23-21(26)17-10-12-24(13-11-17)20(25)14-16-6-2-1-3-7-16/h1-9,17H,10-15H2,(H,23,26). The number of nitrogens with zero attached hydrogens (tertiary/aromatic N) is 1. The number of carbonyl (C=O) groups excluding carboxylic acids is 2. The van der Waals surface area contributed by atoms with E-state index in [1.54, 1.807) is 0 Å². The van der Waals surface area contributed by atoms with Gasteiger partial charge in [0.1, 0.15) is 0 Å². The van der Waals surface area contributed by atoms with Crippen molar-refractivity contribution < 1.29 is 9.59 Å². The van der Waals surface area contributed by atoms with E-state index in [1.807, 2.05) is 59.5 Å². The van der Waals surface area contributed by atoms with Gasteiger partial charge in [-0.05, 0) is 30.0 Å². The summed E-state index contributed by atoms with van der Waals surface area (Å²) in [6.45, 7) is 1.71. The molecule has 26 heavy (non-hydrogen) atoms. The minimum Gasteiger partial charge on any atom is -0.352 e. The third kappa shape index (κ3) is 4.85. The molecule has 0 atom stereocenters. The molecule has 1 heterocycles. The predicted octanol–water partition coefficient (Wildman–Crippen LogP) is 3.44. The maximum Gasteiger partial charge on any atom is 0.226 e. The molecule has 1 saturated heterocycles. The van der Waals surface area contributed by atoms with Gasteiger partial charge in [0.2, 0.25) is 11.8 Å². The number of hydrogen-bond acceptors (Lipinski definition) is 2. The Labute approximate surface area is 159 Å². The number of piperidine rings is 1. The number of carbonyl (C=O) groups is 2. The van der Waals surface area contributed by atoms with Crippen molar-refractivity contribution in [3.05, 3.63) is 70.7 Å². The molecule has 1 aliphatic rings. The lowest BCUT2D eigenvalue weighted by Gasteiger charge is -2.31. The highest BCUT2D eigenvalue weighted by molar-refractivity contribution is 6.31. The molecule has 0 saturated carbocycles. The van der Waals surface area contributed by atoms with E-state index in [2.05, 4.69) is 5.32 Å². The van der Waals surface area contributed by atoms with Crippen LogP contribution >= 0.6 is 11.6 Å². The van der Waals surface area contributed by atoms with Crippen LogP contribution in [0.3, 0.4) is 0 Å². The third-order valence-corrected chi connectivity index (χ3v) is 5.20. The fourth-order valence-electron chi connectivity index (χ4n) is 3.24. The second kappa shape index (κ2) is 8.86. The summed E-state index contributed by atoms with van der Waals surface area (Å²) < 4.78 is 0. The molecule has 0 radical (unpaired) electrons. The molecule has 2 amide bonds. The molecular formula is C21H23ClN2O2. The predicted molar refractivity (Wildman–Crippen MR) is 103 cm³/mol. The number of benzene rings is 2. The fraction of sp³-hybridized carbons (Fsp3) is 0.333. The van der Waals surface area contributed by atoms with E-state index in [9.17, 15) is 9.59 Å². The minimum atomic E-state index is -0.0433. The largest absolute Gasteiger partial charge is 0.352 e. The molecule has 0 unspecified atom stereocenters. The van der Waals surface area contributed by atoms with Gasteiger partial charge >= 0.3 is 0 Å². The number of amides is 2. The van der Waals surface area contributed by atoms with Crippen LogP contribution in [0.4, 0.5) is 0 Å². The fourth-order valence-corrected chi connectivity index (χ4v) is 3.44. The highest BCUT2D eigenvalue weighted by atomic mass is 35.5. The third-order valence-electron chi connectivity index (χ3n) is 4.83. The number of likely N-dealkylation sites (tertiary alicyclic amines) is 1. The first-order valence-corrected chi connectivity index (χ1v) is 9.34. The molecule has 1 aliphatic heterocycles. The molecule has 5 heteroatoms. The molecule has 2 aromatic carbocycles. The van der Waals surface area contributed by atoms with E-state index in [1.165, 1.54) is 0 Å². The maximum atomic E-state index is 12.4. The van der Waals surface area contributed by atoms with E-state index >= 15 is 0 Å². The van der Waals surface area contributed by atoms with Gasteiger partial charge in [-0.25, -0.2) is 0 Å². The normalized spacial score (nSPS) is 14.9. The van der Waals surface area contributed by atoms with Gasteiger partial charge in [-0.3, -0.25) is 9.59 Å². The second-order valence-electron chi connectivity index (χ2n) is 6.63. The lowest BCUT2D eigenvalue weighted by molar-refractivity contribution is -0.135. The van der Waals surface area contributed by atoms with Crippen molar-refractivity contribution in [1.29, 1.82) is 0 Å². The van der Waals surface area contributed by atoms with Gasteiger partial charge in [-0.1, -0.05) is 60.1 Å². The van der Waals surface area contributed by atoms with Crippen molar-refractivity contribution in [2.24, 2.45) is 5.92 Å². The second-order valence-corrected chi connectivity index (χ2v) is 7.03. The summed E-state index contributed by atoms with van der Waals surface area (Å²) >= 11 is 6.12. The van der Waals surface area contributed by atoms with Crippen LogP contribution in [0.15, 0.2) is 54.6 Å². The molecule has 0 spiro atoms. The molecule has 1 fully saturated rings. The van der Waals surface area contributed by atoms with Gasteiger partial charge in [0.05, 0.1) is 6.42 Å². The monoisotopic (exact) mass is 370 g/mol. The van der Waals surface area contributed by atoms with Crippen molar-refractivity contribution in [2.45, 2.75) is 25.8 Å². The zero-order chi connectivity index (χ0) is 18.4. The van der Waals surface area contributed by atoms with Gasteiger partial charge in [-0.2, -0.15) is 0 Å². The maximum absolute atomic E-state index is 12.4. The Hall–Kier alpha value is -2.33. The van der Waals surface area contributed by atoms with Crippen molar-refractivity contribution >= 4 is 23.4 Å². The topological polar surface area (TPSA) is 49.4 Å². The average molecular weight is 371 g/mol. The van der Waals surface area contributed by atoms with E-state index in [0.717, 1.165) is 11.1 Å². The minimum absolute atomic E-state index is 0.0417. The molecule has 2 aromatic rings. The van der Waals surface area contributed by atoms with Crippen LogP contribution in [-0.4, -0.2) is 29.8 Å². The van der Waals surface area contributed by atoms with Crippen molar-refractivity contribution in [2.75, 3.05) is 13.1 Å². The summed E-state index contributed by atoms with van der Waals surface area (Å²) in [4.78, 5) is 26.7. The van der Waals surface area contributed by atoms with Crippen molar-refractivity contribution in [3.8, 4) is 0 Å². The summed E-state index contributed by atoms with van der Waals surface area (Å²) in [5, 5.41) is 3.63. The SMILES string of the molecule is O=C(NCc1ccccc1Cl)C1CCN(C(=O)Cc2ccccc2)CC1. The van der Waals surface area contributed by atoms with Gasteiger partial charge < -0.3 is 10.2 Å². The van der Waals surface area contributed by atoms with Gasteiger partial charge in [-0.15, -0.1) is 0 Å². The number of rotatable bonds is 5. The summed E-state index contributed by atoms with van der Waals surface area (Å²) in [7, 11) is 0. The average Bonchev–Trinajstić information content (AvgIpc) is 2.68. The van der Waals surface area contributed by atoms with Crippen LogP contribution in [0, 0.1) is 5.92 Å². The highest BCUT2D eigenvalue weighted by Crippen LogP contribution is 2.19. The van der Waals surface area contributed by atoms with Crippen LogP contribution in [0.1, 0.15) is 24.0 Å². The van der Waals surface area contributed by atoms with E-state index < -0.39 is 0 Å². The lowest BCUT2D eigenvalue weighted by Crippen LogP contribution is -2.43. The first-order valence-electron chi connectivity index (χ1n) is 8.96. The Morgan fingerprint density at radius 2 is 1.65 bits per heavy atom. The molecule has 4 nitrogen and oxygen atoms in total. The first kappa shape index (κ1) is 18.5. The van der Waals surface area contributed by atoms with Crippen LogP contribution < -0.4 is 5.32 Å². The zero-order valence-corrected chi connectivity index (χ0v) is 15.4. The molecule has 0 bridgehead atoms. The van der Waals surface area contributed by atoms with Crippen molar-refractivity contribution in [1.82, 2.24) is 10.2 Å². The summed E-state index contributed by atoms with van der Waals surface area (Å²) in [6, 6.07) is 17.3. The molecule has 0 aliphatic carbocycles. The molecule has 1 N–H and O–H groups in total. The smallest absolute Gasteiger partial charge is 0.226 e. The first-order chi connectivity index (χ1) is 12.6. The molecule has 3 rings (SSSR count). The van der Waals surface area contributed by atoms with Gasteiger partial charge in [0.15, 0.2) is 0 Å². The van der Waals surface area contributed by atoms with E-state index in [0.29, 0.717) is 43.9 Å². The van der Waals surface area contributed by atoms with Crippen LogP contribution in [-0.2, 0) is 22.6 Å². The van der Waals surface area contributed by atoms with Crippen LogP contribution in [0.5, 0.6) is 0 Å². The van der Waals surface area contributed by atoms with Gasteiger partial charge in [0, 0.05) is 30.6 Å². The molecule has 0 aromatic heterocycles. The summed E-state index contributed by atoms with van der Waals surface area (Å²) in [5.74, 6) is 0.129. The van der Waals surface area contributed by atoms with Crippen molar-refractivity contribution in [3.63, 3.8) is 0 Å². The van der Waals surface area contributed by atoms with E-state index in [-0.39, 0.29) is 17.7 Å². The Bertz CT molecular complexity index is 756. The highest BCUT2D eigenvalue weighted by Gasteiger charge is 2.27. The van der Waals surface area contributed by atoms with E-state index in [4.69, 9.17) is 11.6 Å². The molecule has 136 valence electrons. The number of hydrogen-bond donors (Lipinski definition) is 1. The zero-order valence-electron chi connectivity index (χ0n) is 14.7. The Balaban J connectivity index is 1.45. The summed E-state index contributed by atoms with van der Waals surface area (Å²) in [6.07, 6.45) is 1.83. The Kier molecular flexibility index (Phi) is 6.29. The van der Waals surface area contributed by atoms with Crippen LogP contribution in [0.2, 0.25) is 5.02 Å². The van der Waals surface area contributed by atoms with Crippen LogP contribution in [0.25, 0.3) is 0 Å².